The number of rotatable bonds is 5. The first-order valence-electron chi connectivity index (χ1n) is 7.54. The lowest BCUT2D eigenvalue weighted by Crippen LogP contribution is -2.41. The molecule has 0 aliphatic carbocycles. The summed E-state index contributed by atoms with van der Waals surface area (Å²) in [6.45, 7) is 13.0. The van der Waals surface area contributed by atoms with E-state index in [9.17, 15) is 0 Å². The maximum absolute atomic E-state index is 6.16. The summed E-state index contributed by atoms with van der Waals surface area (Å²) >= 11 is 3.51. The third-order valence-corrected chi connectivity index (χ3v) is 4.76. The van der Waals surface area contributed by atoms with Gasteiger partial charge < -0.3 is 18.8 Å². The first kappa shape index (κ1) is 17.8. The Labute approximate surface area is 141 Å². The Hall–Kier alpha value is -0.555. The Balaban J connectivity index is 2.34. The molecule has 0 radical (unpaired) electrons. The van der Waals surface area contributed by atoms with Crippen molar-refractivity contribution in [3.05, 3.63) is 22.2 Å². The van der Waals surface area contributed by atoms with Crippen molar-refractivity contribution in [1.29, 1.82) is 0 Å². The van der Waals surface area contributed by atoms with Crippen LogP contribution in [0.4, 0.5) is 0 Å². The normalized spacial score (nSPS) is 19.5. The molecule has 0 saturated carbocycles. The van der Waals surface area contributed by atoms with Gasteiger partial charge in [0.2, 0.25) is 0 Å². The molecule has 1 aromatic rings. The van der Waals surface area contributed by atoms with E-state index in [-0.39, 0.29) is 18.0 Å². The van der Waals surface area contributed by atoms with Crippen LogP contribution in [0.1, 0.15) is 40.2 Å². The lowest BCUT2D eigenvalue weighted by molar-refractivity contribution is 0.00578. The highest BCUT2D eigenvalue weighted by molar-refractivity contribution is 9.10. The summed E-state index contributed by atoms with van der Waals surface area (Å²) < 4.78 is 24.3. The minimum absolute atomic E-state index is 0.207. The van der Waals surface area contributed by atoms with Crippen molar-refractivity contribution in [2.45, 2.75) is 52.7 Å². The van der Waals surface area contributed by atoms with Crippen molar-refractivity contribution in [3.63, 3.8) is 0 Å². The zero-order valence-electron chi connectivity index (χ0n) is 14.2. The van der Waals surface area contributed by atoms with Crippen LogP contribution in [0.15, 0.2) is 16.6 Å². The SMILES string of the molecule is CCOCOc1cc(Br)cc(C)c1B1OC(C)(C)C(C)(C)O1. The molecule has 2 rings (SSSR count). The average molecular weight is 371 g/mol. The second kappa shape index (κ2) is 6.52. The van der Waals surface area contributed by atoms with Crippen molar-refractivity contribution in [2.24, 2.45) is 0 Å². The zero-order valence-corrected chi connectivity index (χ0v) is 15.7. The first-order valence-corrected chi connectivity index (χ1v) is 8.33. The maximum atomic E-state index is 6.16. The summed E-state index contributed by atoms with van der Waals surface area (Å²) in [6.07, 6.45) is 0. The summed E-state index contributed by atoms with van der Waals surface area (Å²) in [4.78, 5) is 0. The molecule has 1 aliphatic heterocycles. The number of benzene rings is 1. The predicted molar refractivity (Wildman–Crippen MR) is 91.7 cm³/mol. The van der Waals surface area contributed by atoms with Gasteiger partial charge >= 0.3 is 7.12 Å². The van der Waals surface area contributed by atoms with Crippen LogP contribution in [-0.2, 0) is 14.0 Å². The van der Waals surface area contributed by atoms with Gasteiger partial charge in [0.1, 0.15) is 5.75 Å². The maximum Gasteiger partial charge on any atom is 0.498 e. The standard InChI is InChI=1S/C16H24BBrO4/c1-7-19-10-20-13-9-12(18)8-11(2)14(13)17-21-15(3,4)16(5,6)22-17/h8-9H,7,10H2,1-6H3. The second-order valence-corrected chi connectivity index (χ2v) is 7.39. The van der Waals surface area contributed by atoms with Crippen LogP contribution >= 0.6 is 15.9 Å². The minimum atomic E-state index is -0.449. The number of hydrogen-bond donors (Lipinski definition) is 0. The quantitative estimate of drug-likeness (QED) is 0.452. The average Bonchev–Trinajstić information content (AvgIpc) is 2.57. The summed E-state index contributed by atoms with van der Waals surface area (Å²) in [7, 11) is -0.449. The smallest absolute Gasteiger partial charge is 0.468 e. The topological polar surface area (TPSA) is 36.9 Å². The first-order chi connectivity index (χ1) is 10.2. The summed E-state index contributed by atoms with van der Waals surface area (Å²) in [6, 6.07) is 3.96. The molecule has 0 bridgehead atoms. The molecule has 1 fully saturated rings. The van der Waals surface area contributed by atoms with Gasteiger partial charge in [-0.3, -0.25) is 0 Å². The molecular weight excluding hydrogens is 347 g/mol. The molecule has 22 heavy (non-hydrogen) atoms. The van der Waals surface area contributed by atoms with E-state index in [4.69, 9.17) is 18.8 Å². The highest BCUT2D eigenvalue weighted by Gasteiger charge is 2.52. The molecule has 4 nitrogen and oxygen atoms in total. The fourth-order valence-corrected chi connectivity index (χ4v) is 2.85. The van der Waals surface area contributed by atoms with Crippen molar-refractivity contribution < 1.29 is 18.8 Å². The molecule has 0 amide bonds. The Bertz CT molecular complexity index is 529. The van der Waals surface area contributed by atoms with E-state index < -0.39 is 7.12 Å². The van der Waals surface area contributed by atoms with Crippen LogP contribution in [0.25, 0.3) is 0 Å². The number of halogens is 1. The number of ether oxygens (including phenoxy) is 2. The van der Waals surface area contributed by atoms with Crippen LogP contribution in [0.5, 0.6) is 5.75 Å². The van der Waals surface area contributed by atoms with Gasteiger partial charge in [-0.2, -0.15) is 0 Å². The number of aryl methyl sites for hydroxylation is 1. The minimum Gasteiger partial charge on any atom is -0.468 e. The Morgan fingerprint density at radius 3 is 2.27 bits per heavy atom. The Morgan fingerprint density at radius 1 is 1.14 bits per heavy atom. The fourth-order valence-electron chi connectivity index (χ4n) is 2.29. The molecule has 0 atom stereocenters. The molecule has 0 spiro atoms. The van der Waals surface area contributed by atoms with Gasteiger partial charge in [-0.25, -0.2) is 0 Å². The van der Waals surface area contributed by atoms with E-state index in [2.05, 4.69) is 15.9 Å². The van der Waals surface area contributed by atoms with E-state index >= 15 is 0 Å². The molecule has 1 aromatic carbocycles. The van der Waals surface area contributed by atoms with Crippen molar-refractivity contribution in [2.75, 3.05) is 13.4 Å². The van der Waals surface area contributed by atoms with Crippen molar-refractivity contribution >= 4 is 28.5 Å². The van der Waals surface area contributed by atoms with E-state index in [0.29, 0.717) is 6.61 Å². The van der Waals surface area contributed by atoms with Gasteiger partial charge in [-0.05, 0) is 59.2 Å². The van der Waals surface area contributed by atoms with Crippen molar-refractivity contribution in [1.82, 2.24) is 0 Å². The molecular formula is C16H24BBrO4. The molecule has 122 valence electrons. The van der Waals surface area contributed by atoms with Gasteiger partial charge in [0.05, 0.1) is 11.2 Å². The molecule has 0 N–H and O–H groups in total. The van der Waals surface area contributed by atoms with Gasteiger partial charge in [0.15, 0.2) is 6.79 Å². The van der Waals surface area contributed by atoms with Gasteiger partial charge in [0.25, 0.3) is 0 Å². The van der Waals surface area contributed by atoms with Crippen LogP contribution in [0, 0.1) is 6.92 Å². The van der Waals surface area contributed by atoms with E-state index in [1.165, 1.54) is 0 Å². The molecule has 1 heterocycles. The van der Waals surface area contributed by atoms with E-state index in [1.807, 2.05) is 53.7 Å². The predicted octanol–water partition coefficient (Wildman–Crippen LogP) is 3.43. The highest BCUT2D eigenvalue weighted by Crippen LogP contribution is 2.37. The summed E-state index contributed by atoms with van der Waals surface area (Å²) in [5.74, 6) is 0.721. The third kappa shape index (κ3) is 3.50. The summed E-state index contributed by atoms with van der Waals surface area (Å²) in [5, 5.41) is 0. The van der Waals surface area contributed by atoms with Crippen LogP contribution in [0.2, 0.25) is 0 Å². The molecule has 6 heteroatoms. The fraction of sp³-hybridized carbons (Fsp3) is 0.625. The second-order valence-electron chi connectivity index (χ2n) is 6.48. The van der Waals surface area contributed by atoms with Gasteiger partial charge in [-0.15, -0.1) is 0 Å². The van der Waals surface area contributed by atoms with Gasteiger partial charge in [-0.1, -0.05) is 15.9 Å². The van der Waals surface area contributed by atoms with E-state index in [0.717, 1.165) is 21.2 Å². The zero-order chi connectivity index (χ0) is 16.5. The molecule has 1 saturated heterocycles. The Morgan fingerprint density at radius 2 is 1.73 bits per heavy atom. The molecule has 0 unspecified atom stereocenters. The van der Waals surface area contributed by atoms with Gasteiger partial charge in [0, 0.05) is 16.5 Å². The van der Waals surface area contributed by atoms with Crippen LogP contribution in [0.3, 0.4) is 0 Å². The Kier molecular flexibility index (Phi) is 5.27. The van der Waals surface area contributed by atoms with Crippen LogP contribution < -0.4 is 10.2 Å². The largest absolute Gasteiger partial charge is 0.498 e. The van der Waals surface area contributed by atoms with Crippen molar-refractivity contribution in [3.8, 4) is 5.75 Å². The number of hydrogen-bond acceptors (Lipinski definition) is 4. The monoisotopic (exact) mass is 370 g/mol. The molecule has 0 aromatic heterocycles. The van der Waals surface area contributed by atoms with Crippen LogP contribution in [-0.4, -0.2) is 31.7 Å². The molecule has 1 aliphatic rings. The highest BCUT2D eigenvalue weighted by atomic mass is 79.9. The summed E-state index contributed by atoms with van der Waals surface area (Å²) in [5.41, 5.74) is 1.21. The van der Waals surface area contributed by atoms with E-state index in [1.54, 1.807) is 0 Å². The lowest BCUT2D eigenvalue weighted by Gasteiger charge is -2.32. The lowest BCUT2D eigenvalue weighted by atomic mass is 9.75. The third-order valence-electron chi connectivity index (χ3n) is 4.30.